The van der Waals surface area contributed by atoms with E-state index in [0.717, 1.165) is 4.47 Å². The Hall–Kier alpha value is -2.57. The van der Waals surface area contributed by atoms with Crippen LogP contribution < -0.4 is 10.5 Å². The summed E-state index contributed by atoms with van der Waals surface area (Å²) in [5.41, 5.74) is 7.35. The predicted octanol–water partition coefficient (Wildman–Crippen LogP) is 3.24. The average Bonchev–Trinajstić information content (AvgIpc) is 2.47. The number of hydrogen-bond donors (Lipinski definition) is 1. The van der Waals surface area contributed by atoms with Crippen LogP contribution in [-0.4, -0.2) is 11.6 Å². The lowest BCUT2D eigenvalue weighted by Gasteiger charge is -2.13. The third-order valence-corrected chi connectivity index (χ3v) is 3.30. The van der Waals surface area contributed by atoms with E-state index in [0.29, 0.717) is 17.7 Å². The van der Waals surface area contributed by atoms with Crippen LogP contribution in [0.1, 0.15) is 18.1 Å². The minimum atomic E-state index is 0.0509. The van der Waals surface area contributed by atoms with Crippen molar-refractivity contribution < 1.29 is 4.74 Å². The molecule has 0 atom stereocenters. The van der Waals surface area contributed by atoms with Crippen LogP contribution in [0.3, 0.4) is 0 Å². The molecule has 0 aliphatic heterocycles. The Labute approximate surface area is 130 Å². The van der Waals surface area contributed by atoms with Crippen molar-refractivity contribution >= 4 is 21.7 Å². The van der Waals surface area contributed by atoms with Gasteiger partial charge in [0.1, 0.15) is 29.1 Å². The number of anilines is 1. The lowest BCUT2D eigenvalue weighted by atomic mass is 9.96. The first-order valence-electron chi connectivity index (χ1n) is 6.14. The average molecular weight is 343 g/mol. The third-order valence-electron chi connectivity index (χ3n) is 2.81. The Bertz CT molecular complexity index is 774. The van der Waals surface area contributed by atoms with Crippen LogP contribution in [0.25, 0.3) is 11.1 Å². The summed E-state index contributed by atoms with van der Waals surface area (Å²) in [4.78, 5) is 4.01. The summed E-state index contributed by atoms with van der Waals surface area (Å²) in [5.74, 6) is 0.196. The second kappa shape index (κ2) is 6.25. The lowest BCUT2D eigenvalue weighted by Crippen LogP contribution is -2.05. The standard InChI is InChI=1S/C15H11BrN4O/c1-2-21-15-12(8-18)13(11(7-17)14(19)20-15)9-4-3-5-10(16)6-9/h3-6H,2H2,1H3,(H2,19,20). The van der Waals surface area contributed by atoms with E-state index in [1.165, 1.54) is 0 Å². The molecule has 0 aliphatic rings. The molecule has 0 bridgehead atoms. The van der Waals surface area contributed by atoms with Crippen LogP contribution in [0.4, 0.5) is 5.82 Å². The van der Waals surface area contributed by atoms with Crippen molar-refractivity contribution in [2.75, 3.05) is 12.3 Å². The fourth-order valence-electron chi connectivity index (χ4n) is 1.97. The number of aromatic nitrogens is 1. The van der Waals surface area contributed by atoms with Gasteiger partial charge in [0.05, 0.1) is 6.61 Å². The first-order chi connectivity index (χ1) is 10.1. The smallest absolute Gasteiger partial charge is 0.234 e. The number of nitrogens with two attached hydrogens (primary N) is 1. The van der Waals surface area contributed by atoms with Gasteiger partial charge in [0.2, 0.25) is 5.88 Å². The molecule has 0 unspecified atom stereocenters. The summed E-state index contributed by atoms with van der Waals surface area (Å²) in [6, 6.07) is 11.4. The van der Waals surface area contributed by atoms with E-state index in [2.05, 4.69) is 27.0 Å². The largest absolute Gasteiger partial charge is 0.477 e. The van der Waals surface area contributed by atoms with E-state index in [9.17, 15) is 10.5 Å². The van der Waals surface area contributed by atoms with E-state index < -0.39 is 0 Å². The van der Waals surface area contributed by atoms with Crippen LogP contribution in [-0.2, 0) is 0 Å². The summed E-state index contributed by atoms with van der Waals surface area (Å²) >= 11 is 3.38. The molecule has 0 aliphatic carbocycles. The molecule has 0 spiro atoms. The predicted molar refractivity (Wildman–Crippen MR) is 82.4 cm³/mol. The van der Waals surface area contributed by atoms with Gasteiger partial charge in [-0.25, -0.2) is 0 Å². The number of rotatable bonds is 3. The molecule has 0 fully saturated rings. The van der Waals surface area contributed by atoms with Gasteiger partial charge in [-0.3, -0.25) is 0 Å². The molecule has 0 amide bonds. The van der Waals surface area contributed by atoms with E-state index in [-0.39, 0.29) is 22.8 Å². The molecule has 104 valence electrons. The zero-order valence-corrected chi connectivity index (χ0v) is 12.8. The highest BCUT2D eigenvalue weighted by Gasteiger charge is 2.21. The Kier molecular flexibility index (Phi) is 4.42. The molecule has 6 heteroatoms. The van der Waals surface area contributed by atoms with E-state index >= 15 is 0 Å². The summed E-state index contributed by atoms with van der Waals surface area (Å²) in [6.45, 7) is 2.14. The van der Waals surface area contributed by atoms with Crippen molar-refractivity contribution in [1.29, 1.82) is 10.5 Å². The van der Waals surface area contributed by atoms with Gasteiger partial charge in [0, 0.05) is 10.0 Å². The molecule has 5 nitrogen and oxygen atoms in total. The van der Waals surface area contributed by atoms with Crippen molar-refractivity contribution in [3.63, 3.8) is 0 Å². The fraction of sp³-hybridized carbons (Fsp3) is 0.133. The molecule has 1 aromatic carbocycles. The summed E-state index contributed by atoms with van der Waals surface area (Å²) < 4.78 is 6.20. The fourth-order valence-corrected chi connectivity index (χ4v) is 2.37. The highest BCUT2D eigenvalue weighted by molar-refractivity contribution is 9.10. The van der Waals surface area contributed by atoms with Gasteiger partial charge < -0.3 is 10.5 Å². The number of ether oxygens (including phenoxy) is 1. The van der Waals surface area contributed by atoms with Gasteiger partial charge in [0.15, 0.2) is 0 Å². The summed E-state index contributed by atoms with van der Waals surface area (Å²) in [5, 5.41) is 18.8. The van der Waals surface area contributed by atoms with Crippen LogP contribution >= 0.6 is 15.9 Å². The molecule has 0 saturated heterocycles. The quantitative estimate of drug-likeness (QED) is 0.923. The Balaban J connectivity index is 2.85. The van der Waals surface area contributed by atoms with Crippen molar-refractivity contribution in [1.82, 2.24) is 4.98 Å². The van der Waals surface area contributed by atoms with Crippen molar-refractivity contribution in [2.45, 2.75) is 6.92 Å². The van der Waals surface area contributed by atoms with Gasteiger partial charge >= 0.3 is 0 Å². The number of nitrogen functional groups attached to an aromatic ring is 1. The zero-order chi connectivity index (χ0) is 15.4. The molecular weight excluding hydrogens is 332 g/mol. The number of pyridine rings is 1. The summed E-state index contributed by atoms with van der Waals surface area (Å²) in [6.07, 6.45) is 0. The highest BCUT2D eigenvalue weighted by Crippen LogP contribution is 2.35. The highest BCUT2D eigenvalue weighted by atomic mass is 79.9. The van der Waals surface area contributed by atoms with Crippen molar-refractivity contribution in [3.8, 4) is 29.1 Å². The number of nitriles is 2. The third kappa shape index (κ3) is 2.81. The SMILES string of the molecule is CCOc1nc(N)c(C#N)c(-c2cccc(Br)c2)c1C#N. The maximum atomic E-state index is 9.44. The molecule has 1 aromatic heterocycles. The Morgan fingerprint density at radius 1 is 1.29 bits per heavy atom. The minimum absolute atomic E-state index is 0.0509. The number of benzene rings is 1. The maximum Gasteiger partial charge on any atom is 0.234 e. The van der Waals surface area contributed by atoms with Crippen molar-refractivity contribution in [2.24, 2.45) is 0 Å². The van der Waals surface area contributed by atoms with Crippen LogP contribution in [0, 0.1) is 22.7 Å². The second-order valence-corrected chi connectivity index (χ2v) is 5.01. The molecule has 2 rings (SSSR count). The van der Waals surface area contributed by atoms with Gasteiger partial charge in [-0.2, -0.15) is 15.5 Å². The van der Waals surface area contributed by atoms with Crippen molar-refractivity contribution in [3.05, 3.63) is 39.9 Å². The van der Waals surface area contributed by atoms with Gasteiger partial charge in [0.25, 0.3) is 0 Å². The lowest BCUT2D eigenvalue weighted by molar-refractivity contribution is 0.326. The second-order valence-electron chi connectivity index (χ2n) is 4.09. The van der Waals surface area contributed by atoms with E-state index in [4.69, 9.17) is 10.5 Å². The van der Waals surface area contributed by atoms with Crippen LogP contribution in [0.5, 0.6) is 5.88 Å². The summed E-state index contributed by atoms with van der Waals surface area (Å²) in [7, 11) is 0. The normalized spacial score (nSPS) is 9.71. The van der Waals surface area contributed by atoms with E-state index in [1.54, 1.807) is 13.0 Å². The number of nitrogens with zero attached hydrogens (tertiary/aromatic N) is 3. The first-order valence-corrected chi connectivity index (χ1v) is 6.94. The van der Waals surface area contributed by atoms with Gasteiger partial charge in [-0.05, 0) is 24.6 Å². The Morgan fingerprint density at radius 3 is 2.57 bits per heavy atom. The van der Waals surface area contributed by atoms with Gasteiger partial charge in [-0.15, -0.1) is 0 Å². The van der Waals surface area contributed by atoms with Gasteiger partial charge in [-0.1, -0.05) is 28.1 Å². The molecule has 1 heterocycles. The zero-order valence-electron chi connectivity index (χ0n) is 11.2. The molecule has 0 saturated carbocycles. The number of halogens is 1. The monoisotopic (exact) mass is 342 g/mol. The van der Waals surface area contributed by atoms with Crippen LogP contribution in [0.2, 0.25) is 0 Å². The number of hydrogen-bond acceptors (Lipinski definition) is 5. The minimum Gasteiger partial charge on any atom is -0.477 e. The first kappa shape index (κ1) is 14.8. The molecule has 2 N–H and O–H groups in total. The topological polar surface area (TPSA) is 95.7 Å². The molecule has 2 aromatic rings. The Morgan fingerprint density at radius 2 is 2.00 bits per heavy atom. The van der Waals surface area contributed by atoms with Crippen LogP contribution in [0.15, 0.2) is 28.7 Å². The molecule has 21 heavy (non-hydrogen) atoms. The maximum absolute atomic E-state index is 9.44. The molecular formula is C15H11BrN4O. The molecule has 0 radical (unpaired) electrons. The van der Waals surface area contributed by atoms with E-state index in [1.807, 2.05) is 24.3 Å².